The Hall–Kier alpha value is -3.61. The number of carbonyl (C=O) groups excluding carboxylic acids is 1. The summed E-state index contributed by atoms with van der Waals surface area (Å²) in [6, 6.07) is 13.8. The Morgan fingerprint density at radius 1 is 0.967 bits per heavy atom. The molecule has 1 unspecified atom stereocenters. The highest BCUT2D eigenvalue weighted by Gasteiger charge is 2.58. The first-order valence-corrected chi connectivity index (χ1v) is 9.76. The Balaban J connectivity index is 1.53. The van der Waals surface area contributed by atoms with E-state index in [1.165, 1.54) is 11.0 Å². The predicted octanol–water partition coefficient (Wildman–Crippen LogP) is 3.22. The fraction of sp³-hybridized carbons (Fsp3) is 0.217. The number of amides is 1. The number of halogens is 1. The SMILES string of the molecule is O=C1N(Cc2ccccn2)c2c(F)cccc2C12COc1cc3c(cc12)OCCO3. The highest BCUT2D eigenvalue weighted by atomic mass is 19.1. The third-order valence-electron chi connectivity index (χ3n) is 5.92. The van der Waals surface area contributed by atoms with Crippen LogP contribution in [0.15, 0.2) is 54.7 Å². The Bertz CT molecular complexity index is 1180. The number of carbonyl (C=O) groups is 1. The van der Waals surface area contributed by atoms with Gasteiger partial charge < -0.3 is 19.1 Å². The second-order valence-corrected chi connectivity index (χ2v) is 7.53. The van der Waals surface area contributed by atoms with Crippen LogP contribution in [-0.4, -0.2) is 30.7 Å². The molecule has 1 atom stereocenters. The Morgan fingerprint density at radius 3 is 2.60 bits per heavy atom. The standard InChI is InChI=1S/C23H17FN2O4/c24-17-6-3-5-15-21(17)26(12-14-4-1-2-7-25-14)22(27)23(15)13-30-18-11-20-19(10-16(18)23)28-8-9-29-20/h1-7,10-11H,8-9,12-13H2. The molecule has 7 heteroatoms. The van der Waals surface area contributed by atoms with E-state index in [0.717, 1.165) is 0 Å². The van der Waals surface area contributed by atoms with Crippen LogP contribution in [0.3, 0.4) is 0 Å². The number of pyridine rings is 1. The molecule has 0 fully saturated rings. The van der Waals surface area contributed by atoms with Crippen molar-refractivity contribution in [3.05, 3.63) is 77.4 Å². The largest absolute Gasteiger partial charge is 0.491 e. The normalized spacial score (nSPS) is 20.8. The van der Waals surface area contributed by atoms with Crippen LogP contribution in [0.2, 0.25) is 0 Å². The zero-order valence-electron chi connectivity index (χ0n) is 15.9. The quantitative estimate of drug-likeness (QED) is 0.657. The van der Waals surface area contributed by atoms with Crippen LogP contribution in [0.4, 0.5) is 10.1 Å². The van der Waals surface area contributed by atoms with Gasteiger partial charge in [0.15, 0.2) is 11.5 Å². The van der Waals surface area contributed by atoms with Crippen LogP contribution in [0, 0.1) is 5.82 Å². The van der Waals surface area contributed by atoms with Gasteiger partial charge >= 0.3 is 0 Å². The molecular formula is C23H17FN2O4. The van der Waals surface area contributed by atoms with Crippen molar-refractivity contribution in [2.45, 2.75) is 12.0 Å². The van der Waals surface area contributed by atoms with Crippen molar-refractivity contribution in [3.8, 4) is 17.2 Å². The number of hydrogen-bond acceptors (Lipinski definition) is 5. The molecule has 0 saturated carbocycles. The molecule has 6 rings (SSSR count). The van der Waals surface area contributed by atoms with Crippen molar-refractivity contribution in [1.29, 1.82) is 0 Å². The maximum absolute atomic E-state index is 15.0. The second-order valence-electron chi connectivity index (χ2n) is 7.53. The minimum absolute atomic E-state index is 0.0965. The van der Waals surface area contributed by atoms with Crippen LogP contribution >= 0.6 is 0 Å². The molecule has 0 saturated heterocycles. The van der Waals surface area contributed by atoms with E-state index in [2.05, 4.69) is 4.98 Å². The van der Waals surface area contributed by atoms with Gasteiger partial charge in [0.05, 0.1) is 17.9 Å². The molecule has 3 aliphatic heterocycles. The summed E-state index contributed by atoms with van der Waals surface area (Å²) in [4.78, 5) is 19.6. The number of benzene rings is 2. The lowest BCUT2D eigenvalue weighted by Gasteiger charge is -2.24. The minimum atomic E-state index is -1.13. The van der Waals surface area contributed by atoms with Crippen LogP contribution in [0.5, 0.6) is 17.2 Å². The lowest BCUT2D eigenvalue weighted by atomic mass is 9.77. The smallest absolute Gasteiger partial charge is 0.246 e. The first-order chi connectivity index (χ1) is 14.7. The summed E-state index contributed by atoms with van der Waals surface area (Å²) in [5, 5.41) is 0. The summed E-state index contributed by atoms with van der Waals surface area (Å²) < 4.78 is 32.3. The van der Waals surface area contributed by atoms with E-state index in [-0.39, 0.29) is 24.7 Å². The van der Waals surface area contributed by atoms with Crippen molar-refractivity contribution in [2.24, 2.45) is 0 Å². The average molecular weight is 404 g/mol. The monoisotopic (exact) mass is 404 g/mol. The highest BCUT2D eigenvalue weighted by molar-refractivity contribution is 6.11. The van der Waals surface area contributed by atoms with Gasteiger partial charge in [0.2, 0.25) is 5.91 Å². The number of rotatable bonds is 2. The van der Waals surface area contributed by atoms with Gasteiger partial charge in [0, 0.05) is 23.4 Å². The van der Waals surface area contributed by atoms with Crippen LogP contribution in [0.25, 0.3) is 0 Å². The zero-order valence-corrected chi connectivity index (χ0v) is 15.9. The maximum Gasteiger partial charge on any atom is 0.246 e. The van der Waals surface area contributed by atoms with Gasteiger partial charge in [0.1, 0.15) is 36.8 Å². The van der Waals surface area contributed by atoms with E-state index >= 15 is 4.39 Å². The number of nitrogens with zero attached hydrogens (tertiary/aromatic N) is 2. The molecule has 3 aromatic rings. The lowest BCUT2D eigenvalue weighted by molar-refractivity contribution is -0.122. The molecule has 2 aromatic carbocycles. The zero-order chi connectivity index (χ0) is 20.3. The molecule has 0 aliphatic carbocycles. The Morgan fingerprint density at radius 2 is 1.80 bits per heavy atom. The number of anilines is 1. The molecule has 150 valence electrons. The van der Waals surface area contributed by atoms with Gasteiger partial charge in [-0.05, 0) is 24.3 Å². The summed E-state index contributed by atoms with van der Waals surface area (Å²) in [7, 11) is 0. The van der Waals surface area contributed by atoms with Gasteiger partial charge in [-0.25, -0.2) is 4.39 Å². The fourth-order valence-electron chi connectivity index (χ4n) is 4.57. The molecule has 0 bridgehead atoms. The summed E-state index contributed by atoms with van der Waals surface area (Å²) in [5.41, 5.74) is 1.10. The Labute approximate surface area is 171 Å². The molecule has 1 spiro atoms. The van der Waals surface area contributed by atoms with Gasteiger partial charge in [0.25, 0.3) is 0 Å². The van der Waals surface area contributed by atoms with Crippen LogP contribution in [-0.2, 0) is 16.8 Å². The first kappa shape index (κ1) is 17.3. The third-order valence-corrected chi connectivity index (χ3v) is 5.92. The molecule has 1 aromatic heterocycles. The van der Waals surface area contributed by atoms with Crippen LogP contribution < -0.4 is 19.1 Å². The summed E-state index contributed by atoms with van der Waals surface area (Å²) in [6.07, 6.45) is 1.66. The number of hydrogen-bond donors (Lipinski definition) is 0. The number of fused-ring (bicyclic) bond motifs is 5. The Kier molecular flexibility index (Phi) is 3.56. The second kappa shape index (κ2) is 6.19. The fourth-order valence-corrected chi connectivity index (χ4v) is 4.57. The van der Waals surface area contributed by atoms with Gasteiger partial charge in [-0.15, -0.1) is 0 Å². The van der Waals surface area contributed by atoms with Crippen molar-refractivity contribution in [1.82, 2.24) is 4.98 Å². The van der Waals surface area contributed by atoms with E-state index in [0.29, 0.717) is 47.3 Å². The molecule has 30 heavy (non-hydrogen) atoms. The number of aromatic nitrogens is 1. The third kappa shape index (κ3) is 2.23. The number of ether oxygens (including phenoxy) is 3. The van der Waals surface area contributed by atoms with E-state index in [4.69, 9.17) is 14.2 Å². The molecular weight excluding hydrogens is 387 g/mol. The summed E-state index contributed by atoms with van der Waals surface area (Å²) >= 11 is 0. The number of para-hydroxylation sites is 1. The van der Waals surface area contributed by atoms with Gasteiger partial charge in [-0.3, -0.25) is 9.78 Å². The van der Waals surface area contributed by atoms with Crippen LogP contribution in [0.1, 0.15) is 16.8 Å². The van der Waals surface area contributed by atoms with Crippen molar-refractivity contribution in [2.75, 3.05) is 24.7 Å². The molecule has 1 amide bonds. The van der Waals surface area contributed by atoms with E-state index < -0.39 is 11.2 Å². The highest BCUT2D eigenvalue weighted by Crippen LogP contribution is 2.55. The summed E-state index contributed by atoms with van der Waals surface area (Å²) in [5.74, 6) is 1.04. The maximum atomic E-state index is 15.0. The van der Waals surface area contributed by atoms with Crippen molar-refractivity contribution in [3.63, 3.8) is 0 Å². The molecule has 4 heterocycles. The first-order valence-electron chi connectivity index (χ1n) is 9.76. The minimum Gasteiger partial charge on any atom is -0.491 e. The summed E-state index contributed by atoms with van der Waals surface area (Å²) in [6.45, 7) is 1.17. The lowest BCUT2D eigenvalue weighted by Crippen LogP contribution is -2.42. The van der Waals surface area contributed by atoms with E-state index in [1.54, 1.807) is 36.5 Å². The van der Waals surface area contributed by atoms with Gasteiger partial charge in [-0.2, -0.15) is 0 Å². The predicted molar refractivity (Wildman–Crippen MR) is 106 cm³/mol. The van der Waals surface area contributed by atoms with Crippen molar-refractivity contribution >= 4 is 11.6 Å². The van der Waals surface area contributed by atoms with Gasteiger partial charge in [-0.1, -0.05) is 18.2 Å². The van der Waals surface area contributed by atoms with E-state index in [9.17, 15) is 4.79 Å². The molecule has 6 nitrogen and oxygen atoms in total. The van der Waals surface area contributed by atoms with Crippen molar-refractivity contribution < 1.29 is 23.4 Å². The molecule has 0 radical (unpaired) electrons. The average Bonchev–Trinajstić information content (AvgIpc) is 3.26. The molecule has 3 aliphatic rings. The molecule has 0 N–H and O–H groups in total. The van der Waals surface area contributed by atoms with E-state index in [1.807, 2.05) is 12.1 Å². The topological polar surface area (TPSA) is 60.9 Å².